The molecule has 20 rings (SSSR count). The van der Waals surface area contributed by atoms with Crippen LogP contribution in [0.15, 0.2) is 261 Å². The predicted molar refractivity (Wildman–Crippen MR) is 514 cm³/mol. The normalized spacial score (nSPS) is 10.9. The molecule has 0 amide bonds. The van der Waals surface area contributed by atoms with Crippen molar-refractivity contribution in [2.24, 2.45) is 0 Å². The first kappa shape index (κ1) is 86.7. The van der Waals surface area contributed by atoms with E-state index in [0.29, 0.717) is 81.5 Å². The number of aromatic nitrogens is 20. The number of fused-ring (bicyclic) bond motifs is 5. The summed E-state index contributed by atoms with van der Waals surface area (Å²) in [6, 6.07) is 82.4. The van der Waals surface area contributed by atoms with Gasteiger partial charge in [-0.15, -0.1) is 0 Å². The fraction of sp³-hybridized carbons (Fsp3) is 0.115. The van der Waals surface area contributed by atoms with E-state index in [9.17, 15) is 8.78 Å². The van der Waals surface area contributed by atoms with E-state index in [1.54, 1.807) is 65.8 Å². The van der Waals surface area contributed by atoms with Crippen LogP contribution < -0.4 is 69.6 Å². The molecule has 10 aromatic carbocycles. The monoisotopic (exact) mass is 1750 g/mol. The summed E-state index contributed by atoms with van der Waals surface area (Å²) < 4.78 is 48.6. The van der Waals surface area contributed by atoms with Crippen LogP contribution in [0.1, 0.15) is 40.2 Å². The molecule has 0 radical (unpaired) electrons. The van der Waals surface area contributed by atoms with Gasteiger partial charge in [-0.2, -0.15) is 58.6 Å². The minimum absolute atomic E-state index is 0.0218. The lowest BCUT2D eigenvalue weighted by molar-refractivity contribution is 0.415. The van der Waals surface area contributed by atoms with Gasteiger partial charge in [-0.25, -0.2) is 24.9 Å². The van der Waals surface area contributed by atoms with Crippen molar-refractivity contribution in [1.82, 2.24) is 97.6 Å². The Morgan fingerprint density at radius 3 is 0.870 bits per heavy atom. The maximum Gasteiger partial charge on any atom is 0.239 e. The van der Waals surface area contributed by atoms with Gasteiger partial charge >= 0.3 is 0 Å². The van der Waals surface area contributed by atoms with Crippen LogP contribution in [0.4, 0.5) is 101 Å². The van der Waals surface area contributed by atoms with E-state index in [1.165, 1.54) is 5.56 Å². The molecule has 0 fully saturated rings. The molecule has 10 heterocycles. The highest BCUT2D eigenvalue weighted by Gasteiger charge is 2.23. The minimum atomic E-state index is -0.719. The van der Waals surface area contributed by atoms with Crippen molar-refractivity contribution >= 4 is 147 Å². The van der Waals surface area contributed by atoms with Gasteiger partial charge in [-0.1, -0.05) is 102 Å². The lowest BCUT2D eigenvalue weighted by Crippen LogP contribution is -2.10. The van der Waals surface area contributed by atoms with Gasteiger partial charge in [0, 0.05) is 72.5 Å². The van der Waals surface area contributed by atoms with Gasteiger partial charge in [-0.05, 0) is 194 Å². The summed E-state index contributed by atoms with van der Waals surface area (Å²) in [5.74, 6) is 8.38. The van der Waals surface area contributed by atoms with E-state index >= 15 is 0 Å². The van der Waals surface area contributed by atoms with Crippen molar-refractivity contribution in [1.29, 1.82) is 0 Å². The molecule has 0 aliphatic heterocycles. The highest BCUT2D eigenvalue weighted by molar-refractivity contribution is 5.83. The Kier molecular flexibility index (Phi) is 25.1. The number of nitrogens with zero attached hydrogens (tertiary/aromatic N) is 21. The summed E-state index contributed by atoms with van der Waals surface area (Å²) in [7, 11) is 7.22. The molecule has 0 bridgehead atoms. The van der Waals surface area contributed by atoms with Crippen LogP contribution in [-0.4, -0.2) is 126 Å². The molecule has 15 N–H and O–H groups in total. The van der Waals surface area contributed by atoms with Gasteiger partial charge < -0.3 is 69.6 Å². The second-order valence-corrected chi connectivity index (χ2v) is 30.3. The topological polar surface area (TPSA) is 430 Å². The molecule has 0 aliphatic rings. The number of nitrogen functional groups attached to an aromatic ring is 5. The van der Waals surface area contributed by atoms with E-state index in [2.05, 4.69) is 113 Å². The average Bonchev–Trinajstić information content (AvgIpc) is 1.68. The number of methoxy groups -OCH3 is 2. The van der Waals surface area contributed by atoms with Crippen LogP contribution >= 0.6 is 0 Å². The Morgan fingerprint density at radius 2 is 0.557 bits per heavy atom. The van der Waals surface area contributed by atoms with Gasteiger partial charge in [0.25, 0.3) is 0 Å². The van der Waals surface area contributed by atoms with E-state index in [-0.39, 0.29) is 35.2 Å². The molecule has 0 spiro atoms. The van der Waals surface area contributed by atoms with E-state index in [1.807, 2.05) is 288 Å². The number of para-hydroxylation sites is 10. The fourth-order valence-corrected chi connectivity index (χ4v) is 14.3. The van der Waals surface area contributed by atoms with Gasteiger partial charge in [0.15, 0.2) is 23.3 Å². The zero-order valence-corrected chi connectivity index (χ0v) is 73.2. The molecular weight excluding hydrogens is 1660 g/mol. The third-order valence-corrected chi connectivity index (χ3v) is 20.6. The van der Waals surface area contributed by atoms with Crippen molar-refractivity contribution in [3.8, 4) is 41.2 Å². The molecule has 0 unspecified atom stereocenters. The maximum absolute atomic E-state index is 14.5. The first-order chi connectivity index (χ1) is 63.3. The molecule has 35 heteroatoms. The molecule has 656 valence electrons. The molecule has 0 saturated heterocycles. The third-order valence-electron chi connectivity index (χ3n) is 20.6. The highest BCUT2D eigenvalue weighted by atomic mass is 19.1. The lowest BCUT2D eigenvalue weighted by Gasteiger charge is -2.14. The number of imidazole rings is 5. The van der Waals surface area contributed by atoms with Crippen molar-refractivity contribution < 1.29 is 18.3 Å². The summed E-state index contributed by atoms with van der Waals surface area (Å²) in [4.78, 5) is 68.7. The Morgan fingerprint density at radius 1 is 0.275 bits per heavy atom. The first-order valence-corrected chi connectivity index (χ1v) is 41.2. The quantitative estimate of drug-likeness (QED) is 0.0381. The Balaban J connectivity index is 0.000000120. The second kappa shape index (κ2) is 38.0. The van der Waals surface area contributed by atoms with E-state index < -0.39 is 11.6 Å². The third kappa shape index (κ3) is 19.7. The largest absolute Gasteiger partial charge is 0.497 e. The maximum atomic E-state index is 14.5. The zero-order valence-electron chi connectivity index (χ0n) is 73.2. The Labute approximate surface area is 750 Å². The number of nitrogens with one attached hydrogen (secondary N) is 5. The van der Waals surface area contributed by atoms with Crippen LogP contribution in [-0.2, 0) is 0 Å². The number of rotatable bonds is 18. The van der Waals surface area contributed by atoms with Crippen molar-refractivity contribution in [3.05, 3.63) is 313 Å². The van der Waals surface area contributed by atoms with Crippen molar-refractivity contribution in [2.45, 2.75) is 48.5 Å². The van der Waals surface area contributed by atoms with E-state index in [0.717, 1.165) is 107 Å². The molecular formula is C96H91F2N31O2. The van der Waals surface area contributed by atoms with Gasteiger partial charge in [0.1, 0.15) is 75.5 Å². The van der Waals surface area contributed by atoms with Gasteiger partial charge in [-0.3, -0.25) is 22.8 Å². The summed E-state index contributed by atoms with van der Waals surface area (Å²) in [5.41, 5.74) is 46.0. The van der Waals surface area contributed by atoms with Gasteiger partial charge in [0.2, 0.25) is 41.4 Å². The number of benzene rings is 10. The molecule has 10 aromatic heterocycles. The van der Waals surface area contributed by atoms with Crippen LogP contribution in [0.25, 0.3) is 84.9 Å². The first-order valence-electron chi connectivity index (χ1n) is 41.2. The minimum Gasteiger partial charge on any atom is -0.497 e. The number of aryl methyl sites for hydroxylation is 7. The summed E-state index contributed by atoms with van der Waals surface area (Å²) in [5, 5.41) is 15.7. The number of halogens is 2. The van der Waals surface area contributed by atoms with Crippen molar-refractivity contribution in [3.63, 3.8) is 0 Å². The number of ether oxygens (including phenoxy) is 2. The number of hydrogen-bond acceptors (Lipinski definition) is 28. The van der Waals surface area contributed by atoms with Crippen LogP contribution in [0.2, 0.25) is 0 Å². The molecule has 0 atom stereocenters. The fourth-order valence-electron chi connectivity index (χ4n) is 14.3. The lowest BCUT2D eigenvalue weighted by atomic mass is 10.2. The smallest absolute Gasteiger partial charge is 0.239 e. The van der Waals surface area contributed by atoms with Crippen LogP contribution in [0, 0.1) is 60.1 Å². The summed E-state index contributed by atoms with van der Waals surface area (Å²) in [6.07, 6.45) is 0. The standard InChI is InChI=1S/C20H21N7.C19H17FN6O.C19H17FN6.C19H18N6O.C19H18N6/c1-13-22-16-6-4-5-7-17(16)27(13)20-24-18(21)12-19(25-20)23-14-8-10-15(11-9-14)26(2)3;1-11-22-14-8-3-4-9-15(14)26(11)19-24-17(21)16(20)18(25-19)23-12-6-5-7-13(10-12)27-2;1-11-7-9-13(10-8-11)23-18-16(20)17(21)24-19(25-18)26-12(2)22-14-5-3-4-6-15(14)26;1-12-21-15-5-3-4-6-16(15)25(12)19-23-17(20)11-18(24-19)22-13-7-9-14(26-2)10-8-13;1-12-7-9-14(10-8-12)22-18-11-17(20)23-19(24-18)25-13(2)21-15-5-3-4-6-16(15)25/h4-12H,1-3H3,(H3,21,23,24,25);3-10H,1-2H3,(H3,21,23,24,25);3-10H,1-2H3,(H3,21,23,24,25);3-11H,1-2H3,(H3,20,22,23,24);3-11H,1-2H3,(H3,20,22,23,24). The highest BCUT2D eigenvalue weighted by Crippen LogP contribution is 2.33. The zero-order chi connectivity index (χ0) is 91.7. The number of nitrogens with two attached hydrogens (primary N) is 5. The SMILES string of the molecule is COc1ccc(Nc2cc(N)nc(-n3c(C)nc4ccccc43)n2)cc1.COc1cccc(Nc2nc(-n3c(C)nc4ccccc43)nc(N)c2F)c1.Cc1ccc(Nc2cc(N)nc(-n3c(C)nc4ccccc43)n2)cc1.Cc1ccc(Nc2nc(-n3c(C)nc4ccccc43)nc(N)c2F)cc1.Cc1nc2ccccc2n1-c1nc(N)cc(Nc2ccc(N(C)C)cc2)n1. The molecule has 0 aliphatic carbocycles. The molecule has 33 nitrogen and oxygen atoms in total. The number of anilines is 16. The van der Waals surface area contributed by atoms with Crippen LogP contribution in [0.3, 0.4) is 0 Å². The Bertz CT molecular complexity index is 7520. The average molecular weight is 1750 g/mol. The molecule has 20 aromatic rings. The Hall–Kier alpha value is -17.8. The summed E-state index contributed by atoms with van der Waals surface area (Å²) >= 11 is 0. The molecule has 131 heavy (non-hydrogen) atoms. The number of hydrogen-bond donors (Lipinski definition) is 10. The van der Waals surface area contributed by atoms with E-state index in [4.69, 9.17) is 38.1 Å². The van der Waals surface area contributed by atoms with Crippen LogP contribution in [0.5, 0.6) is 11.5 Å². The molecule has 0 saturated carbocycles. The summed E-state index contributed by atoms with van der Waals surface area (Å²) in [6.45, 7) is 13.5. The predicted octanol–water partition coefficient (Wildman–Crippen LogP) is 18.2. The van der Waals surface area contributed by atoms with Crippen molar-refractivity contribution in [2.75, 3.05) is 88.5 Å². The second-order valence-electron chi connectivity index (χ2n) is 30.3. The van der Waals surface area contributed by atoms with Gasteiger partial charge in [0.05, 0.1) is 69.4 Å².